The summed E-state index contributed by atoms with van der Waals surface area (Å²) in [7, 11) is 0. The zero-order valence-corrected chi connectivity index (χ0v) is 9.48. The minimum absolute atomic E-state index is 0.250. The lowest BCUT2D eigenvalue weighted by atomic mass is 10.3. The van der Waals surface area contributed by atoms with Gasteiger partial charge >= 0.3 is 0 Å². The Morgan fingerprint density at radius 3 is 2.81 bits per heavy atom. The van der Waals surface area contributed by atoms with Crippen LogP contribution in [0, 0.1) is 5.92 Å². The predicted molar refractivity (Wildman–Crippen MR) is 64.9 cm³/mol. The van der Waals surface area contributed by atoms with Crippen LogP contribution in [0.15, 0.2) is 6.07 Å². The summed E-state index contributed by atoms with van der Waals surface area (Å²) in [5, 5.41) is 0. The molecule has 1 aromatic rings. The van der Waals surface area contributed by atoms with Gasteiger partial charge in [0.05, 0.1) is 0 Å². The minimum atomic E-state index is 0.250. The summed E-state index contributed by atoms with van der Waals surface area (Å²) in [6, 6.07) is 1.82. The SMILES string of the molecule is CCN(CC1CC1)c1cc(NN)nc(N)n1. The van der Waals surface area contributed by atoms with E-state index in [-0.39, 0.29) is 5.95 Å². The molecule has 0 spiro atoms. The Balaban J connectivity index is 2.17. The highest BCUT2D eigenvalue weighted by atomic mass is 15.3. The molecule has 1 saturated carbocycles. The third kappa shape index (κ3) is 2.52. The van der Waals surface area contributed by atoms with E-state index in [0.29, 0.717) is 5.82 Å². The Hall–Kier alpha value is -1.56. The standard InChI is InChI=1S/C10H18N6/c1-2-16(6-7-3-4-7)9-5-8(15-12)13-10(11)14-9/h5,7H,2-4,6,12H2,1H3,(H3,11,13,14,15). The highest BCUT2D eigenvalue weighted by molar-refractivity contribution is 5.52. The van der Waals surface area contributed by atoms with Gasteiger partial charge in [0.2, 0.25) is 5.95 Å². The molecule has 1 heterocycles. The van der Waals surface area contributed by atoms with E-state index in [1.807, 2.05) is 6.07 Å². The van der Waals surface area contributed by atoms with E-state index in [0.717, 1.165) is 24.8 Å². The van der Waals surface area contributed by atoms with E-state index in [1.54, 1.807) is 0 Å². The van der Waals surface area contributed by atoms with Crippen LogP contribution in [0.4, 0.5) is 17.6 Å². The van der Waals surface area contributed by atoms with Gasteiger partial charge in [-0.1, -0.05) is 0 Å². The predicted octanol–water partition coefficient (Wildman–Crippen LogP) is 0.581. The number of nitrogen functional groups attached to an aromatic ring is 2. The van der Waals surface area contributed by atoms with Gasteiger partial charge in [-0.2, -0.15) is 9.97 Å². The van der Waals surface area contributed by atoms with Crippen molar-refractivity contribution >= 4 is 17.6 Å². The number of nitrogens with zero attached hydrogens (tertiary/aromatic N) is 3. The smallest absolute Gasteiger partial charge is 0.223 e. The Bertz CT molecular complexity index is 362. The molecule has 0 bridgehead atoms. The Labute approximate surface area is 95.0 Å². The van der Waals surface area contributed by atoms with Crippen molar-refractivity contribution in [2.45, 2.75) is 19.8 Å². The number of hydrogen-bond acceptors (Lipinski definition) is 6. The fourth-order valence-electron chi connectivity index (χ4n) is 1.69. The second kappa shape index (κ2) is 4.52. The lowest BCUT2D eigenvalue weighted by Crippen LogP contribution is -2.27. The van der Waals surface area contributed by atoms with Crippen LogP contribution in [-0.2, 0) is 0 Å². The Morgan fingerprint density at radius 2 is 2.25 bits per heavy atom. The van der Waals surface area contributed by atoms with E-state index in [4.69, 9.17) is 11.6 Å². The monoisotopic (exact) mass is 222 g/mol. The van der Waals surface area contributed by atoms with E-state index < -0.39 is 0 Å². The fourth-order valence-corrected chi connectivity index (χ4v) is 1.69. The highest BCUT2D eigenvalue weighted by Crippen LogP contribution is 2.31. The van der Waals surface area contributed by atoms with Crippen LogP contribution in [-0.4, -0.2) is 23.1 Å². The van der Waals surface area contributed by atoms with Gasteiger partial charge in [-0.15, -0.1) is 0 Å². The molecule has 0 unspecified atom stereocenters. The van der Waals surface area contributed by atoms with E-state index >= 15 is 0 Å². The molecule has 5 N–H and O–H groups in total. The first-order chi connectivity index (χ1) is 7.72. The maximum atomic E-state index is 5.63. The second-order valence-corrected chi connectivity index (χ2v) is 4.10. The van der Waals surface area contributed by atoms with Crippen molar-refractivity contribution in [3.63, 3.8) is 0 Å². The van der Waals surface area contributed by atoms with Crippen LogP contribution in [0.5, 0.6) is 0 Å². The third-order valence-electron chi connectivity index (χ3n) is 2.76. The molecule has 1 aliphatic rings. The molecule has 1 fully saturated rings. The molecule has 0 saturated heterocycles. The molecule has 16 heavy (non-hydrogen) atoms. The Morgan fingerprint density at radius 1 is 1.50 bits per heavy atom. The number of nitrogens with one attached hydrogen (secondary N) is 1. The quantitative estimate of drug-likeness (QED) is 0.498. The van der Waals surface area contributed by atoms with Crippen molar-refractivity contribution in [2.24, 2.45) is 11.8 Å². The van der Waals surface area contributed by atoms with Crippen molar-refractivity contribution in [3.8, 4) is 0 Å². The summed E-state index contributed by atoms with van der Waals surface area (Å²) < 4.78 is 0. The zero-order valence-electron chi connectivity index (χ0n) is 9.48. The Kier molecular flexibility index (Phi) is 3.09. The molecule has 6 nitrogen and oxygen atoms in total. The number of hydrogen-bond donors (Lipinski definition) is 3. The first-order valence-electron chi connectivity index (χ1n) is 5.59. The first kappa shape index (κ1) is 10.9. The topological polar surface area (TPSA) is 93.1 Å². The molecular formula is C10H18N6. The number of nitrogens with two attached hydrogens (primary N) is 2. The molecule has 88 valence electrons. The van der Waals surface area contributed by atoms with Crippen LogP contribution in [0.3, 0.4) is 0 Å². The molecule has 0 radical (unpaired) electrons. The van der Waals surface area contributed by atoms with Crippen molar-refractivity contribution in [3.05, 3.63) is 6.07 Å². The maximum Gasteiger partial charge on any atom is 0.223 e. The van der Waals surface area contributed by atoms with Crippen LogP contribution < -0.4 is 21.9 Å². The molecule has 2 rings (SSSR count). The highest BCUT2D eigenvalue weighted by Gasteiger charge is 2.24. The van der Waals surface area contributed by atoms with Crippen LogP contribution in [0.25, 0.3) is 0 Å². The molecule has 0 atom stereocenters. The number of anilines is 3. The molecule has 6 heteroatoms. The van der Waals surface area contributed by atoms with Gasteiger partial charge in [0.1, 0.15) is 11.6 Å². The van der Waals surface area contributed by atoms with E-state index in [1.165, 1.54) is 12.8 Å². The van der Waals surface area contributed by atoms with Crippen molar-refractivity contribution in [1.29, 1.82) is 0 Å². The minimum Gasteiger partial charge on any atom is -0.368 e. The van der Waals surface area contributed by atoms with Crippen molar-refractivity contribution in [2.75, 3.05) is 29.1 Å². The second-order valence-electron chi connectivity index (χ2n) is 4.10. The summed E-state index contributed by atoms with van der Waals surface area (Å²) in [6.45, 7) is 4.06. The van der Waals surface area contributed by atoms with Gasteiger partial charge in [0, 0.05) is 19.2 Å². The van der Waals surface area contributed by atoms with Crippen LogP contribution in [0.2, 0.25) is 0 Å². The normalized spacial score (nSPS) is 14.9. The summed E-state index contributed by atoms with van der Waals surface area (Å²) in [5.74, 6) is 7.78. The van der Waals surface area contributed by atoms with Gasteiger partial charge < -0.3 is 16.1 Å². The van der Waals surface area contributed by atoms with Gasteiger partial charge in [-0.05, 0) is 25.7 Å². The molecule has 1 aliphatic carbocycles. The first-order valence-corrected chi connectivity index (χ1v) is 5.59. The van der Waals surface area contributed by atoms with Gasteiger partial charge in [0.25, 0.3) is 0 Å². The maximum absolute atomic E-state index is 5.63. The third-order valence-corrected chi connectivity index (χ3v) is 2.76. The average Bonchev–Trinajstić information content (AvgIpc) is 3.08. The lowest BCUT2D eigenvalue weighted by Gasteiger charge is -2.22. The molecular weight excluding hydrogens is 204 g/mol. The van der Waals surface area contributed by atoms with Gasteiger partial charge in [-0.3, -0.25) is 0 Å². The summed E-state index contributed by atoms with van der Waals surface area (Å²) in [6.07, 6.45) is 2.64. The van der Waals surface area contributed by atoms with Gasteiger partial charge in [-0.25, -0.2) is 5.84 Å². The summed E-state index contributed by atoms with van der Waals surface area (Å²) in [4.78, 5) is 10.4. The number of aromatic nitrogens is 2. The summed E-state index contributed by atoms with van der Waals surface area (Å²) in [5.41, 5.74) is 8.13. The van der Waals surface area contributed by atoms with E-state index in [9.17, 15) is 0 Å². The van der Waals surface area contributed by atoms with Crippen molar-refractivity contribution in [1.82, 2.24) is 9.97 Å². The molecule has 0 aliphatic heterocycles. The van der Waals surface area contributed by atoms with Crippen LogP contribution >= 0.6 is 0 Å². The van der Waals surface area contributed by atoms with Crippen molar-refractivity contribution < 1.29 is 0 Å². The van der Waals surface area contributed by atoms with Gasteiger partial charge in [0.15, 0.2) is 0 Å². The van der Waals surface area contributed by atoms with E-state index in [2.05, 4.69) is 27.2 Å². The number of hydrazine groups is 1. The van der Waals surface area contributed by atoms with Crippen LogP contribution in [0.1, 0.15) is 19.8 Å². The largest absolute Gasteiger partial charge is 0.368 e. The molecule has 1 aromatic heterocycles. The lowest BCUT2D eigenvalue weighted by molar-refractivity contribution is 0.731. The average molecular weight is 222 g/mol. The molecule has 0 aromatic carbocycles. The molecule has 0 amide bonds. The fraction of sp³-hybridized carbons (Fsp3) is 0.600. The zero-order chi connectivity index (χ0) is 11.5. The summed E-state index contributed by atoms with van der Waals surface area (Å²) >= 11 is 0. The number of rotatable bonds is 5.